The molecule has 1 aliphatic carbocycles. The van der Waals surface area contributed by atoms with Gasteiger partial charge in [0.1, 0.15) is 4.88 Å². The van der Waals surface area contributed by atoms with Crippen molar-refractivity contribution in [3.63, 3.8) is 0 Å². The van der Waals surface area contributed by atoms with Crippen molar-refractivity contribution in [2.45, 2.75) is 45.6 Å². The van der Waals surface area contributed by atoms with Gasteiger partial charge in [0.2, 0.25) is 5.91 Å². The number of benzene rings is 1. The first kappa shape index (κ1) is 19.1. The van der Waals surface area contributed by atoms with Gasteiger partial charge in [-0.2, -0.15) is 0 Å². The minimum absolute atomic E-state index is 0.164. The van der Waals surface area contributed by atoms with Crippen LogP contribution in [0.25, 0.3) is 0 Å². The fourth-order valence-corrected chi connectivity index (χ4v) is 4.08. The Morgan fingerprint density at radius 2 is 1.67 bits per heavy atom. The summed E-state index contributed by atoms with van der Waals surface area (Å²) < 4.78 is 5.33. The van der Waals surface area contributed by atoms with Gasteiger partial charge in [0.05, 0.1) is 0 Å². The summed E-state index contributed by atoms with van der Waals surface area (Å²) in [5.41, 5.74) is 2.43. The van der Waals surface area contributed by atoms with Crippen LogP contribution in [0, 0.1) is 0 Å². The first-order valence-electron chi connectivity index (χ1n) is 8.93. The van der Waals surface area contributed by atoms with Crippen LogP contribution in [0.5, 0.6) is 0 Å². The van der Waals surface area contributed by atoms with E-state index in [1.807, 2.05) is 6.07 Å². The van der Waals surface area contributed by atoms with E-state index in [0.717, 1.165) is 25.7 Å². The van der Waals surface area contributed by atoms with E-state index >= 15 is 0 Å². The number of anilines is 2. The van der Waals surface area contributed by atoms with Gasteiger partial charge in [-0.05, 0) is 68.5 Å². The maximum atomic E-state index is 12.3. The van der Waals surface area contributed by atoms with Crippen molar-refractivity contribution in [3.05, 3.63) is 45.6 Å². The topological polar surface area (TPSA) is 84.5 Å². The Balaban J connectivity index is 1.56. The lowest BCUT2D eigenvalue weighted by atomic mass is 9.99. The lowest BCUT2D eigenvalue weighted by Crippen LogP contribution is -2.29. The Kier molecular flexibility index (Phi) is 5.91. The highest BCUT2D eigenvalue weighted by molar-refractivity contribution is 7.14. The molecule has 1 unspecified atom stereocenters. The number of ether oxygens (including phenoxy) is 1. The maximum absolute atomic E-state index is 12.3. The Morgan fingerprint density at radius 1 is 1.04 bits per heavy atom. The Labute approximate surface area is 161 Å². The van der Waals surface area contributed by atoms with Crippen molar-refractivity contribution < 1.29 is 19.1 Å². The van der Waals surface area contributed by atoms with Crippen molar-refractivity contribution in [1.82, 2.24) is 0 Å². The first-order chi connectivity index (χ1) is 12.9. The molecule has 2 amide bonds. The average molecular weight is 386 g/mol. The van der Waals surface area contributed by atoms with Crippen molar-refractivity contribution in [1.29, 1.82) is 0 Å². The van der Waals surface area contributed by atoms with Crippen LogP contribution < -0.4 is 10.6 Å². The molecule has 0 bridgehead atoms. The molecular formula is C20H22N2O4S. The molecule has 1 aliphatic rings. The molecular weight excluding hydrogens is 364 g/mol. The summed E-state index contributed by atoms with van der Waals surface area (Å²) in [5.74, 6) is -1.03. The lowest BCUT2D eigenvalue weighted by molar-refractivity contribution is -0.123. The maximum Gasteiger partial charge on any atom is 0.349 e. The number of rotatable bonds is 5. The van der Waals surface area contributed by atoms with E-state index in [1.54, 1.807) is 31.2 Å². The van der Waals surface area contributed by atoms with Crippen LogP contribution in [-0.4, -0.2) is 23.9 Å². The molecule has 6 nitrogen and oxygen atoms in total. The molecule has 0 saturated heterocycles. The molecule has 7 heteroatoms. The van der Waals surface area contributed by atoms with Gasteiger partial charge in [-0.3, -0.25) is 9.59 Å². The van der Waals surface area contributed by atoms with Crippen molar-refractivity contribution in [2.24, 2.45) is 0 Å². The van der Waals surface area contributed by atoms with Gasteiger partial charge in [-0.15, -0.1) is 11.3 Å². The molecule has 1 heterocycles. The van der Waals surface area contributed by atoms with E-state index in [-0.39, 0.29) is 5.91 Å². The van der Waals surface area contributed by atoms with Gasteiger partial charge in [0.15, 0.2) is 6.10 Å². The number of carbonyl (C=O) groups excluding carboxylic acids is 3. The van der Waals surface area contributed by atoms with E-state index in [2.05, 4.69) is 10.6 Å². The number of esters is 1. The molecule has 1 aromatic carbocycles. The number of thiophene rings is 1. The molecule has 0 spiro atoms. The number of aryl methyl sites for hydroxylation is 2. The fraction of sp³-hybridized carbons (Fsp3) is 0.350. The number of carbonyl (C=O) groups is 3. The van der Waals surface area contributed by atoms with E-state index < -0.39 is 18.0 Å². The smallest absolute Gasteiger partial charge is 0.349 e. The molecule has 0 fully saturated rings. The third kappa shape index (κ3) is 4.95. The second-order valence-electron chi connectivity index (χ2n) is 6.56. The first-order valence-corrected chi connectivity index (χ1v) is 9.75. The van der Waals surface area contributed by atoms with Crippen LogP contribution in [0.1, 0.15) is 46.8 Å². The van der Waals surface area contributed by atoms with Crippen molar-refractivity contribution >= 4 is 40.5 Å². The number of fused-ring (bicyclic) bond motifs is 1. The van der Waals surface area contributed by atoms with Crippen LogP contribution in [0.2, 0.25) is 0 Å². The van der Waals surface area contributed by atoms with E-state index in [4.69, 9.17) is 4.74 Å². The van der Waals surface area contributed by atoms with Gasteiger partial charge < -0.3 is 15.4 Å². The van der Waals surface area contributed by atoms with Gasteiger partial charge in [-0.25, -0.2) is 4.79 Å². The summed E-state index contributed by atoms with van der Waals surface area (Å²) in [6.07, 6.45) is 3.41. The number of nitrogens with one attached hydrogen (secondary N) is 2. The van der Waals surface area contributed by atoms with Crippen LogP contribution in [0.4, 0.5) is 11.4 Å². The number of amides is 2. The molecule has 1 aromatic heterocycles. The molecule has 142 valence electrons. The summed E-state index contributed by atoms with van der Waals surface area (Å²) >= 11 is 1.47. The summed E-state index contributed by atoms with van der Waals surface area (Å²) in [4.78, 5) is 37.5. The minimum Gasteiger partial charge on any atom is -0.448 e. The van der Waals surface area contributed by atoms with Gasteiger partial charge in [0.25, 0.3) is 5.91 Å². The normalized spacial score (nSPS) is 14.0. The van der Waals surface area contributed by atoms with Gasteiger partial charge in [0, 0.05) is 23.2 Å². The average Bonchev–Trinajstić information content (AvgIpc) is 3.07. The van der Waals surface area contributed by atoms with Crippen molar-refractivity contribution in [3.8, 4) is 0 Å². The van der Waals surface area contributed by atoms with Crippen LogP contribution in [-0.2, 0) is 27.2 Å². The summed E-state index contributed by atoms with van der Waals surface area (Å²) in [6, 6.07) is 8.61. The second kappa shape index (κ2) is 8.35. The molecule has 0 aliphatic heterocycles. The summed E-state index contributed by atoms with van der Waals surface area (Å²) in [7, 11) is 0. The summed E-state index contributed by atoms with van der Waals surface area (Å²) in [5, 5.41) is 5.36. The molecule has 1 atom stereocenters. The van der Waals surface area contributed by atoms with E-state index in [1.165, 1.54) is 28.7 Å². The fourth-order valence-electron chi connectivity index (χ4n) is 2.95. The van der Waals surface area contributed by atoms with Gasteiger partial charge >= 0.3 is 5.97 Å². The van der Waals surface area contributed by atoms with Crippen LogP contribution in [0.15, 0.2) is 30.3 Å². The highest BCUT2D eigenvalue weighted by Crippen LogP contribution is 2.30. The zero-order valence-electron chi connectivity index (χ0n) is 15.3. The Hall–Kier alpha value is -2.67. The molecule has 2 N–H and O–H groups in total. The molecule has 3 rings (SSSR count). The third-order valence-electron chi connectivity index (χ3n) is 4.32. The predicted molar refractivity (Wildman–Crippen MR) is 105 cm³/mol. The second-order valence-corrected chi connectivity index (χ2v) is 7.70. The quantitative estimate of drug-likeness (QED) is 0.766. The standard InChI is InChI=1S/C20H22N2O4S/c1-12(19(24)22-16-9-7-15(8-10-16)21-13(2)23)26-20(25)18-11-14-5-3-4-6-17(14)27-18/h7-12H,3-6H2,1-2H3,(H,21,23)(H,22,24). The molecule has 2 aromatic rings. The Morgan fingerprint density at radius 3 is 2.30 bits per heavy atom. The zero-order chi connectivity index (χ0) is 19.4. The zero-order valence-corrected chi connectivity index (χ0v) is 16.2. The van der Waals surface area contributed by atoms with E-state index in [9.17, 15) is 14.4 Å². The lowest BCUT2D eigenvalue weighted by Gasteiger charge is -2.13. The Bertz CT molecular complexity index is 834. The predicted octanol–water partition coefficient (Wildman–Crippen LogP) is 3.77. The largest absolute Gasteiger partial charge is 0.448 e. The van der Waals surface area contributed by atoms with Gasteiger partial charge in [-0.1, -0.05) is 0 Å². The highest BCUT2D eigenvalue weighted by Gasteiger charge is 2.22. The molecule has 0 radical (unpaired) electrons. The molecule has 27 heavy (non-hydrogen) atoms. The monoisotopic (exact) mass is 386 g/mol. The third-order valence-corrected chi connectivity index (χ3v) is 5.54. The number of hydrogen-bond acceptors (Lipinski definition) is 5. The van der Waals surface area contributed by atoms with Crippen LogP contribution in [0.3, 0.4) is 0 Å². The highest BCUT2D eigenvalue weighted by atomic mass is 32.1. The van der Waals surface area contributed by atoms with Crippen LogP contribution >= 0.6 is 11.3 Å². The molecule has 0 saturated carbocycles. The summed E-state index contributed by atoms with van der Waals surface area (Å²) in [6.45, 7) is 2.97. The van der Waals surface area contributed by atoms with E-state index in [0.29, 0.717) is 16.3 Å². The SMILES string of the molecule is CC(=O)Nc1ccc(NC(=O)C(C)OC(=O)c2cc3c(s2)CCCC3)cc1. The number of hydrogen-bond donors (Lipinski definition) is 2. The minimum atomic E-state index is -0.911. The van der Waals surface area contributed by atoms with Crippen molar-refractivity contribution in [2.75, 3.05) is 10.6 Å².